The third kappa shape index (κ3) is 2.35. The first kappa shape index (κ1) is 10.6. The van der Waals surface area contributed by atoms with Crippen molar-refractivity contribution in [2.75, 3.05) is 13.2 Å². The van der Waals surface area contributed by atoms with Gasteiger partial charge in [-0.1, -0.05) is 12.1 Å². The highest BCUT2D eigenvalue weighted by Crippen LogP contribution is 2.46. The van der Waals surface area contributed by atoms with Crippen molar-refractivity contribution in [2.45, 2.75) is 32.2 Å². The van der Waals surface area contributed by atoms with E-state index in [4.69, 9.17) is 15.0 Å². The van der Waals surface area contributed by atoms with E-state index in [9.17, 15) is 0 Å². The smallest absolute Gasteiger partial charge is 0.230 e. The van der Waals surface area contributed by atoms with Crippen molar-refractivity contribution in [1.82, 2.24) is 10.1 Å². The SMILES string of the molecule is CCOCC(N)c1noc(C2CC2C)n1. The molecule has 1 aromatic heterocycles. The lowest BCUT2D eigenvalue weighted by atomic mass is 10.3. The van der Waals surface area contributed by atoms with Gasteiger partial charge in [0, 0.05) is 12.5 Å². The topological polar surface area (TPSA) is 74.2 Å². The van der Waals surface area contributed by atoms with Crippen LogP contribution in [-0.4, -0.2) is 23.4 Å². The van der Waals surface area contributed by atoms with E-state index in [1.165, 1.54) is 0 Å². The molecule has 1 aliphatic rings. The quantitative estimate of drug-likeness (QED) is 0.792. The highest BCUT2D eigenvalue weighted by molar-refractivity contribution is 5.07. The number of aromatic nitrogens is 2. The Bertz CT molecular complexity index is 326. The maximum atomic E-state index is 5.84. The monoisotopic (exact) mass is 211 g/mol. The average molecular weight is 211 g/mol. The van der Waals surface area contributed by atoms with Gasteiger partial charge in [-0.25, -0.2) is 0 Å². The van der Waals surface area contributed by atoms with E-state index in [1.54, 1.807) is 0 Å². The van der Waals surface area contributed by atoms with Crippen LogP contribution in [0, 0.1) is 5.92 Å². The Morgan fingerprint density at radius 3 is 3.00 bits per heavy atom. The average Bonchev–Trinajstić information content (AvgIpc) is 2.80. The standard InChI is InChI=1S/C10H17N3O2/c1-3-14-5-8(11)9-12-10(15-13-9)7-4-6(7)2/h6-8H,3-5,11H2,1-2H3. The molecule has 5 heteroatoms. The Kier molecular flexibility index (Phi) is 3.02. The molecule has 2 rings (SSSR count). The highest BCUT2D eigenvalue weighted by atomic mass is 16.5. The van der Waals surface area contributed by atoms with Crippen molar-refractivity contribution >= 4 is 0 Å². The normalized spacial score (nSPS) is 26.6. The van der Waals surface area contributed by atoms with E-state index in [0.717, 1.165) is 12.3 Å². The number of ether oxygens (including phenoxy) is 1. The second kappa shape index (κ2) is 4.28. The summed E-state index contributed by atoms with van der Waals surface area (Å²) in [7, 11) is 0. The molecular formula is C10H17N3O2. The fourth-order valence-corrected chi connectivity index (χ4v) is 1.53. The minimum absolute atomic E-state index is 0.281. The van der Waals surface area contributed by atoms with Gasteiger partial charge in [-0.3, -0.25) is 0 Å². The van der Waals surface area contributed by atoms with Crippen molar-refractivity contribution in [3.63, 3.8) is 0 Å². The Labute approximate surface area is 89.0 Å². The van der Waals surface area contributed by atoms with E-state index in [0.29, 0.717) is 30.9 Å². The summed E-state index contributed by atoms with van der Waals surface area (Å²) in [6, 6.07) is -0.281. The lowest BCUT2D eigenvalue weighted by molar-refractivity contribution is 0.130. The van der Waals surface area contributed by atoms with Crippen LogP contribution in [0.25, 0.3) is 0 Å². The first-order valence-electron chi connectivity index (χ1n) is 5.39. The van der Waals surface area contributed by atoms with Crippen LogP contribution < -0.4 is 5.73 Å². The first-order valence-corrected chi connectivity index (χ1v) is 5.39. The van der Waals surface area contributed by atoms with Crippen molar-refractivity contribution in [3.8, 4) is 0 Å². The van der Waals surface area contributed by atoms with Crippen molar-refractivity contribution in [2.24, 2.45) is 11.7 Å². The van der Waals surface area contributed by atoms with Crippen LogP contribution >= 0.6 is 0 Å². The molecule has 2 N–H and O–H groups in total. The van der Waals surface area contributed by atoms with Gasteiger partial charge in [-0.2, -0.15) is 4.98 Å². The summed E-state index contributed by atoms with van der Waals surface area (Å²) < 4.78 is 10.4. The molecule has 1 aromatic rings. The molecule has 0 saturated heterocycles. The molecule has 0 radical (unpaired) electrons. The largest absolute Gasteiger partial charge is 0.380 e. The van der Waals surface area contributed by atoms with E-state index < -0.39 is 0 Å². The third-order valence-corrected chi connectivity index (χ3v) is 2.72. The van der Waals surface area contributed by atoms with Crippen LogP contribution in [0.15, 0.2) is 4.52 Å². The van der Waals surface area contributed by atoms with E-state index in [2.05, 4.69) is 17.1 Å². The molecule has 0 aliphatic heterocycles. The Morgan fingerprint density at radius 1 is 1.67 bits per heavy atom. The summed E-state index contributed by atoms with van der Waals surface area (Å²) in [5.41, 5.74) is 5.84. The van der Waals surface area contributed by atoms with Crippen molar-refractivity contribution in [3.05, 3.63) is 11.7 Å². The summed E-state index contributed by atoms with van der Waals surface area (Å²) in [5.74, 6) is 2.40. The maximum absolute atomic E-state index is 5.84. The number of nitrogens with two attached hydrogens (primary N) is 1. The zero-order valence-corrected chi connectivity index (χ0v) is 9.14. The maximum Gasteiger partial charge on any atom is 0.230 e. The van der Waals surface area contributed by atoms with Crippen LogP contribution in [0.4, 0.5) is 0 Å². The fourth-order valence-electron chi connectivity index (χ4n) is 1.53. The summed E-state index contributed by atoms with van der Waals surface area (Å²) in [4.78, 5) is 4.29. The Balaban J connectivity index is 1.94. The van der Waals surface area contributed by atoms with E-state index in [-0.39, 0.29) is 6.04 Å². The first-order chi connectivity index (χ1) is 7.22. The number of nitrogens with zero attached hydrogens (tertiary/aromatic N) is 2. The molecule has 0 spiro atoms. The van der Waals surface area contributed by atoms with E-state index >= 15 is 0 Å². The zero-order valence-electron chi connectivity index (χ0n) is 9.14. The molecule has 1 heterocycles. The predicted molar refractivity (Wildman–Crippen MR) is 54.2 cm³/mol. The molecular weight excluding hydrogens is 194 g/mol. The van der Waals surface area contributed by atoms with Crippen LogP contribution in [0.1, 0.15) is 43.9 Å². The Hall–Kier alpha value is -0.940. The van der Waals surface area contributed by atoms with Gasteiger partial charge in [0.25, 0.3) is 0 Å². The second-order valence-corrected chi connectivity index (χ2v) is 4.08. The molecule has 0 aromatic carbocycles. The van der Waals surface area contributed by atoms with Crippen LogP contribution in [0.5, 0.6) is 0 Å². The summed E-state index contributed by atoms with van der Waals surface area (Å²) in [5, 5.41) is 3.87. The van der Waals surface area contributed by atoms with Gasteiger partial charge in [0.15, 0.2) is 5.82 Å². The van der Waals surface area contributed by atoms with Gasteiger partial charge >= 0.3 is 0 Å². The Morgan fingerprint density at radius 2 is 2.40 bits per heavy atom. The van der Waals surface area contributed by atoms with Crippen LogP contribution in [0.2, 0.25) is 0 Å². The van der Waals surface area contributed by atoms with Gasteiger partial charge in [0.05, 0.1) is 12.6 Å². The molecule has 1 aliphatic carbocycles. The van der Waals surface area contributed by atoms with Crippen LogP contribution in [0.3, 0.4) is 0 Å². The lowest BCUT2D eigenvalue weighted by Gasteiger charge is -2.05. The summed E-state index contributed by atoms with van der Waals surface area (Å²) >= 11 is 0. The van der Waals surface area contributed by atoms with Crippen molar-refractivity contribution in [1.29, 1.82) is 0 Å². The van der Waals surface area contributed by atoms with Gasteiger partial charge in [-0.15, -0.1) is 0 Å². The van der Waals surface area contributed by atoms with Gasteiger partial charge in [0.2, 0.25) is 5.89 Å². The minimum Gasteiger partial charge on any atom is -0.380 e. The van der Waals surface area contributed by atoms with Gasteiger partial charge in [0.1, 0.15) is 0 Å². The molecule has 0 bridgehead atoms. The second-order valence-electron chi connectivity index (χ2n) is 4.08. The molecule has 0 amide bonds. The minimum atomic E-state index is -0.281. The number of hydrogen-bond donors (Lipinski definition) is 1. The lowest BCUT2D eigenvalue weighted by Crippen LogP contribution is -2.18. The molecule has 3 atom stereocenters. The van der Waals surface area contributed by atoms with Gasteiger partial charge < -0.3 is 15.0 Å². The molecule has 1 fully saturated rings. The number of rotatable bonds is 5. The van der Waals surface area contributed by atoms with Crippen LogP contribution in [-0.2, 0) is 4.74 Å². The third-order valence-electron chi connectivity index (χ3n) is 2.72. The number of hydrogen-bond acceptors (Lipinski definition) is 5. The molecule has 84 valence electrons. The molecule has 3 unspecified atom stereocenters. The molecule has 5 nitrogen and oxygen atoms in total. The van der Waals surface area contributed by atoms with Gasteiger partial charge in [-0.05, 0) is 19.3 Å². The molecule has 15 heavy (non-hydrogen) atoms. The summed E-state index contributed by atoms with van der Waals surface area (Å²) in [6.07, 6.45) is 1.14. The predicted octanol–water partition coefficient (Wildman–Crippen LogP) is 1.23. The van der Waals surface area contributed by atoms with E-state index in [1.807, 2.05) is 6.92 Å². The molecule has 1 saturated carbocycles. The zero-order chi connectivity index (χ0) is 10.8. The fraction of sp³-hybridized carbons (Fsp3) is 0.800. The summed E-state index contributed by atoms with van der Waals surface area (Å²) in [6.45, 7) is 5.20. The van der Waals surface area contributed by atoms with Crippen molar-refractivity contribution < 1.29 is 9.26 Å². The highest BCUT2D eigenvalue weighted by Gasteiger charge is 2.39.